The SMILES string of the molecule is [3H][I-]SC(=O)[C@H](C)OC(=O)[C@@H](O)c1ccccc1. The van der Waals surface area contributed by atoms with Gasteiger partial charge in [0.2, 0.25) is 0 Å². The van der Waals surface area contributed by atoms with Crippen molar-refractivity contribution >= 4 is 20.0 Å². The number of rotatable bonds is 5. The Morgan fingerprint density at radius 1 is 1.47 bits per heavy atom. The number of carbonyl (C=O) groups is 2. The van der Waals surface area contributed by atoms with Crippen LogP contribution in [0.4, 0.5) is 0 Å². The third-order valence-corrected chi connectivity index (χ3v) is 3.83. The molecule has 0 saturated carbocycles. The van der Waals surface area contributed by atoms with Crippen molar-refractivity contribution in [1.82, 2.24) is 0 Å². The summed E-state index contributed by atoms with van der Waals surface area (Å²) in [6.45, 7) is 1.43. The van der Waals surface area contributed by atoms with Crippen molar-refractivity contribution in [1.29, 1.82) is 0.594 Å². The molecule has 4 nitrogen and oxygen atoms in total. The minimum absolute atomic E-state index is 0.355. The van der Waals surface area contributed by atoms with E-state index in [1.54, 1.807) is 30.3 Å². The van der Waals surface area contributed by atoms with E-state index in [2.05, 4.69) is 0 Å². The maximum absolute atomic E-state index is 11.6. The first kappa shape index (κ1) is 12.8. The van der Waals surface area contributed by atoms with Gasteiger partial charge in [0.25, 0.3) is 0 Å². The van der Waals surface area contributed by atoms with Crippen LogP contribution in [0.5, 0.6) is 0 Å². The Kier molecular flexibility index (Phi) is 5.27. The van der Waals surface area contributed by atoms with Crippen LogP contribution in [0.2, 0.25) is 0 Å². The molecule has 2 atom stereocenters. The first-order chi connectivity index (χ1) is 8.56. The summed E-state index contributed by atoms with van der Waals surface area (Å²) < 4.78 is 11.8. The Morgan fingerprint density at radius 2 is 2.12 bits per heavy atom. The van der Waals surface area contributed by atoms with Crippen LogP contribution < -0.4 is 21.0 Å². The summed E-state index contributed by atoms with van der Waals surface area (Å²) in [4.78, 5) is 22.9. The van der Waals surface area contributed by atoms with Crippen molar-refractivity contribution in [3.8, 4) is 0 Å². The minimum atomic E-state index is -1.39. The van der Waals surface area contributed by atoms with Crippen molar-refractivity contribution in [2.45, 2.75) is 19.1 Å². The van der Waals surface area contributed by atoms with Crippen LogP contribution in [0.15, 0.2) is 30.3 Å². The number of halogens is 1. The predicted octanol–water partition coefficient (Wildman–Crippen LogP) is -1.89. The van der Waals surface area contributed by atoms with Crippen LogP contribution >= 0.6 is 8.93 Å². The van der Waals surface area contributed by atoms with Crippen LogP contribution in [-0.4, -0.2) is 22.9 Å². The van der Waals surface area contributed by atoms with E-state index >= 15 is 0 Å². The predicted molar refractivity (Wildman–Crippen MR) is 60.9 cm³/mol. The molecule has 0 spiro atoms. The standard InChI is InChI=1S/C11H12IO4S/c1-7(11(15)17-12)16-10(14)9(13)8-5-3-2-4-6-8/h2-7,9,12-13H,1H3/q-1/t7-,9-/m0/s1/i12T. The van der Waals surface area contributed by atoms with Crippen LogP contribution in [-0.2, 0) is 14.3 Å². The van der Waals surface area contributed by atoms with Gasteiger partial charge in [0.05, 0.1) is 0 Å². The van der Waals surface area contributed by atoms with Gasteiger partial charge in [-0.05, 0) is 0 Å². The summed E-state index contributed by atoms with van der Waals surface area (Å²) in [6.07, 6.45) is -2.33. The van der Waals surface area contributed by atoms with E-state index < -0.39 is 39.2 Å². The third-order valence-electron chi connectivity index (χ3n) is 2.04. The molecule has 0 aliphatic rings. The van der Waals surface area contributed by atoms with Gasteiger partial charge >= 0.3 is 116 Å². The average Bonchev–Trinajstić information content (AvgIpc) is 2.39. The molecule has 6 heteroatoms. The Balaban J connectivity index is 2.58. The number of esters is 1. The number of carbonyl (C=O) groups excluding carboxylic acids is 2. The quantitative estimate of drug-likeness (QED) is 0.486. The molecule has 1 aromatic carbocycles. The fourth-order valence-electron chi connectivity index (χ4n) is 1.12. The first-order valence-electron chi connectivity index (χ1n) is 5.20. The van der Waals surface area contributed by atoms with Gasteiger partial charge in [-0.3, -0.25) is 0 Å². The summed E-state index contributed by atoms with van der Waals surface area (Å²) >= 11 is -0.989. The maximum atomic E-state index is 11.6. The van der Waals surface area contributed by atoms with Crippen LogP contribution in [0.1, 0.15) is 18.6 Å². The molecule has 17 heavy (non-hydrogen) atoms. The second-order valence-electron chi connectivity index (χ2n) is 3.29. The molecule has 0 amide bonds. The van der Waals surface area contributed by atoms with E-state index in [-0.39, 0.29) is 5.12 Å². The van der Waals surface area contributed by atoms with Gasteiger partial charge in [-0.2, -0.15) is 0 Å². The number of hydrogen-bond donors (Lipinski definition) is 1. The van der Waals surface area contributed by atoms with Gasteiger partial charge in [0, 0.05) is 0 Å². The van der Waals surface area contributed by atoms with Crippen molar-refractivity contribution < 1.29 is 40.4 Å². The fourth-order valence-corrected chi connectivity index (χ4v) is 2.37. The molecule has 0 heterocycles. The molecule has 0 aliphatic carbocycles. The number of benzene rings is 1. The number of aliphatic hydroxyl groups excluding tert-OH is 1. The van der Waals surface area contributed by atoms with Crippen molar-refractivity contribution in [2.24, 2.45) is 0 Å². The van der Waals surface area contributed by atoms with Gasteiger partial charge < -0.3 is 0 Å². The number of hydrogen-bond acceptors (Lipinski definition) is 5. The Hall–Kier alpha value is -0.600. The molecule has 1 rings (SSSR count). The molecule has 0 unspecified atom stereocenters. The summed E-state index contributed by atoms with van der Waals surface area (Å²) in [5.41, 5.74) is 0.419. The Labute approximate surface area is 116 Å². The van der Waals surface area contributed by atoms with E-state index in [0.29, 0.717) is 5.56 Å². The van der Waals surface area contributed by atoms with Gasteiger partial charge in [0.1, 0.15) is 0 Å². The van der Waals surface area contributed by atoms with E-state index in [4.69, 9.17) is 5.33 Å². The van der Waals surface area contributed by atoms with E-state index in [1.165, 1.54) is 6.92 Å². The molecular formula is C11H12IO4S-. The van der Waals surface area contributed by atoms with E-state index in [9.17, 15) is 14.7 Å². The Bertz CT molecular complexity index is 415. The topological polar surface area (TPSA) is 63.6 Å². The van der Waals surface area contributed by atoms with Crippen molar-refractivity contribution in [2.75, 3.05) is 0 Å². The second-order valence-corrected chi connectivity index (χ2v) is 5.17. The summed E-state index contributed by atoms with van der Waals surface area (Å²) in [5, 5.41) is 9.37. The van der Waals surface area contributed by atoms with Crippen LogP contribution in [0.25, 0.3) is 0 Å². The van der Waals surface area contributed by atoms with E-state index in [1.807, 2.05) is 0 Å². The molecule has 0 saturated heterocycles. The summed E-state index contributed by atoms with van der Waals surface area (Å²) in [5.74, 6) is -0.856. The van der Waals surface area contributed by atoms with Gasteiger partial charge in [-0.25, -0.2) is 0 Å². The summed E-state index contributed by atoms with van der Waals surface area (Å²) in [7, 11) is 0.868. The van der Waals surface area contributed by atoms with Crippen LogP contribution in [0.3, 0.4) is 0 Å². The Morgan fingerprint density at radius 3 is 2.71 bits per heavy atom. The molecule has 1 N–H and O–H groups in total. The summed E-state index contributed by atoms with van der Waals surface area (Å²) in [6, 6.07) is 8.36. The monoisotopic (exact) mass is 369 g/mol. The van der Waals surface area contributed by atoms with E-state index in [0.717, 1.165) is 8.93 Å². The first-order valence-corrected chi connectivity index (χ1v) is 8.18. The van der Waals surface area contributed by atoms with Crippen LogP contribution in [0, 0.1) is 0 Å². The molecule has 0 aromatic heterocycles. The average molecular weight is 369 g/mol. The zero-order chi connectivity index (χ0) is 13.5. The molecule has 0 aliphatic heterocycles. The number of aliphatic hydroxyl groups is 1. The third kappa shape index (κ3) is 4.29. The van der Waals surface area contributed by atoms with Gasteiger partial charge in [-0.15, -0.1) is 0 Å². The molecule has 1 aromatic rings. The molecular weight excluding hydrogens is 355 g/mol. The second kappa shape index (κ2) is 6.97. The van der Waals surface area contributed by atoms with Crippen molar-refractivity contribution in [3.05, 3.63) is 35.9 Å². The van der Waals surface area contributed by atoms with Gasteiger partial charge in [-0.1, -0.05) is 0 Å². The molecule has 0 fully saturated rings. The normalized spacial score (nSPS) is 14.8. The molecule has 0 bridgehead atoms. The van der Waals surface area contributed by atoms with Gasteiger partial charge in [0.15, 0.2) is 0 Å². The fraction of sp³-hybridized carbons (Fsp3) is 0.273. The molecule has 94 valence electrons. The van der Waals surface area contributed by atoms with Crippen molar-refractivity contribution in [3.63, 3.8) is 0 Å². The zero-order valence-electron chi connectivity index (χ0n) is 10.00. The molecule has 0 radical (unpaired) electrons. The number of ether oxygens (including phenoxy) is 1. The zero-order valence-corrected chi connectivity index (χ0v) is 12.0.